The SMILES string of the molecule is CC(C)CC1CN(Cc2nccs2)C(C(C)C)CN1. The second-order valence-electron chi connectivity index (χ2n) is 6.40. The van der Waals surface area contributed by atoms with Crippen LogP contribution in [0.25, 0.3) is 0 Å². The van der Waals surface area contributed by atoms with Crippen molar-refractivity contribution in [3.63, 3.8) is 0 Å². The van der Waals surface area contributed by atoms with Crippen LogP contribution < -0.4 is 5.32 Å². The van der Waals surface area contributed by atoms with Gasteiger partial charge in [0.25, 0.3) is 0 Å². The topological polar surface area (TPSA) is 28.2 Å². The molecular formula is C15H27N3S. The Labute approximate surface area is 121 Å². The highest BCUT2D eigenvalue weighted by atomic mass is 32.1. The molecule has 0 aliphatic carbocycles. The van der Waals surface area contributed by atoms with Crippen LogP contribution in [0.4, 0.5) is 0 Å². The molecule has 0 bridgehead atoms. The zero-order chi connectivity index (χ0) is 13.8. The molecule has 0 amide bonds. The average Bonchev–Trinajstić information content (AvgIpc) is 2.80. The number of rotatable bonds is 5. The molecule has 1 N–H and O–H groups in total. The number of nitrogens with zero attached hydrogens (tertiary/aromatic N) is 2. The van der Waals surface area contributed by atoms with Crippen LogP contribution in [0.3, 0.4) is 0 Å². The Morgan fingerprint density at radius 1 is 1.42 bits per heavy atom. The van der Waals surface area contributed by atoms with Gasteiger partial charge in [-0.3, -0.25) is 4.90 Å². The van der Waals surface area contributed by atoms with Gasteiger partial charge in [-0.05, 0) is 18.3 Å². The van der Waals surface area contributed by atoms with Gasteiger partial charge in [-0.25, -0.2) is 4.98 Å². The van der Waals surface area contributed by atoms with Gasteiger partial charge >= 0.3 is 0 Å². The molecule has 0 aromatic carbocycles. The summed E-state index contributed by atoms with van der Waals surface area (Å²) < 4.78 is 0. The van der Waals surface area contributed by atoms with E-state index in [0.29, 0.717) is 18.0 Å². The minimum Gasteiger partial charge on any atom is -0.311 e. The van der Waals surface area contributed by atoms with E-state index in [9.17, 15) is 0 Å². The predicted octanol–water partition coefficient (Wildman–Crippen LogP) is 2.99. The Balaban J connectivity index is 2.00. The molecule has 3 nitrogen and oxygen atoms in total. The summed E-state index contributed by atoms with van der Waals surface area (Å²) in [5.41, 5.74) is 0. The van der Waals surface area contributed by atoms with Crippen molar-refractivity contribution in [1.29, 1.82) is 0 Å². The number of nitrogens with one attached hydrogen (secondary N) is 1. The molecule has 1 aromatic heterocycles. The largest absolute Gasteiger partial charge is 0.311 e. The van der Waals surface area contributed by atoms with E-state index in [2.05, 4.69) is 48.3 Å². The Bertz CT molecular complexity index is 361. The van der Waals surface area contributed by atoms with Gasteiger partial charge in [0.15, 0.2) is 0 Å². The first-order valence-corrected chi connectivity index (χ1v) is 8.30. The van der Waals surface area contributed by atoms with Gasteiger partial charge in [-0.15, -0.1) is 11.3 Å². The van der Waals surface area contributed by atoms with Gasteiger partial charge in [-0.2, -0.15) is 0 Å². The van der Waals surface area contributed by atoms with Crippen LogP contribution in [0.1, 0.15) is 39.1 Å². The van der Waals surface area contributed by atoms with E-state index in [4.69, 9.17) is 0 Å². The van der Waals surface area contributed by atoms with Gasteiger partial charge in [0, 0.05) is 36.8 Å². The summed E-state index contributed by atoms with van der Waals surface area (Å²) in [7, 11) is 0. The summed E-state index contributed by atoms with van der Waals surface area (Å²) in [4.78, 5) is 7.08. The van der Waals surface area contributed by atoms with Gasteiger partial charge in [0.1, 0.15) is 5.01 Å². The van der Waals surface area contributed by atoms with Gasteiger partial charge in [0.05, 0.1) is 6.54 Å². The Hall–Kier alpha value is -0.450. The summed E-state index contributed by atoms with van der Waals surface area (Å²) in [6.07, 6.45) is 3.18. The maximum atomic E-state index is 4.45. The van der Waals surface area contributed by atoms with Crippen LogP contribution >= 0.6 is 11.3 Å². The second-order valence-corrected chi connectivity index (χ2v) is 7.38. The molecule has 1 aliphatic heterocycles. The zero-order valence-electron chi connectivity index (χ0n) is 12.6. The van der Waals surface area contributed by atoms with Crippen LogP contribution in [0.5, 0.6) is 0 Å². The first-order chi connectivity index (χ1) is 9.06. The summed E-state index contributed by atoms with van der Waals surface area (Å²) in [5.74, 6) is 1.45. The monoisotopic (exact) mass is 281 g/mol. The van der Waals surface area contributed by atoms with Crippen molar-refractivity contribution in [2.24, 2.45) is 11.8 Å². The van der Waals surface area contributed by atoms with E-state index in [-0.39, 0.29) is 0 Å². The fourth-order valence-electron chi connectivity index (χ4n) is 2.97. The Kier molecular flexibility index (Phi) is 5.37. The molecule has 1 fully saturated rings. The number of piperazine rings is 1. The van der Waals surface area contributed by atoms with Gasteiger partial charge in [0.2, 0.25) is 0 Å². The highest BCUT2D eigenvalue weighted by molar-refractivity contribution is 7.09. The van der Waals surface area contributed by atoms with E-state index in [1.54, 1.807) is 11.3 Å². The molecule has 1 aromatic rings. The lowest BCUT2D eigenvalue weighted by atomic mass is 9.95. The minimum absolute atomic E-state index is 0.632. The van der Waals surface area contributed by atoms with Gasteiger partial charge in [-0.1, -0.05) is 27.7 Å². The third-order valence-electron chi connectivity index (χ3n) is 3.89. The Morgan fingerprint density at radius 2 is 2.21 bits per heavy atom. The minimum atomic E-state index is 0.632. The maximum absolute atomic E-state index is 4.45. The van der Waals surface area contributed by atoms with Crippen molar-refractivity contribution in [2.45, 2.75) is 52.7 Å². The van der Waals surface area contributed by atoms with Crippen LogP contribution in [0, 0.1) is 11.8 Å². The van der Waals surface area contributed by atoms with E-state index in [0.717, 1.165) is 25.6 Å². The fraction of sp³-hybridized carbons (Fsp3) is 0.800. The fourth-order valence-corrected chi connectivity index (χ4v) is 3.61. The van der Waals surface area contributed by atoms with E-state index >= 15 is 0 Å². The Morgan fingerprint density at radius 3 is 2.79 bits per heavy atom. The molecule has 4 heteroatoms. The van der Waals surface area contributed by atoms with Crippen LogP contribution in [-0.2, 0) is 6.54 Å². The third-order valence-corrected chi connectivity index (χ3v) is 4.65. The van der Waals surface area contributed by atoms with Crippen molar-refractivity contribution < 1.29 is 0 Å². The molecule has 0 spiro atoms. The first-order valence-electron chi connectivity index (χ1n) is 7.42. The summed E-state index contributed by atoms with van der Waals surface area (Å²) in [6, 6.07) is 1.27. The lowest BCUT2D eigenvalue weighted by Gasteiger charge is -2.42. The molecule has 1 aliphatic rings. The lowest BCUT2D eigenvalue weighted by molar-refractivity contribution is 0.0851. The third kappa shape index (κ3) is 4.26. The molecule has 2 atom stereocenters. The zero-order valence-corrected chi connectivity index (χ0v) is 13.4. The molecule has 2 heterocycles. The van der Waals surface area contributed by atoms with Crippen LogP contribution in [-0.4, -0.2) is 35.1 Å². The van der Waals surface area contributed by atoms with Crippen LogP contribution in [0.15, 0.2) is 11.6 Å². The summed E-state index contributed by atoms with van der Waals surface area (Å²) in [5, 5.41) is 7.06. The predicted molar refractivity (Wildman–Crippen MR) is 82.4 cm³/mol. The van der Waals surface area contributed by atoms with E-state index in [1.165, 1.54) is 11.4 Å². The lowest BCUT2D eigenvalue weighted by Crippen LogP contribution is -2.58. The number of thiazole rings is 1. The van der Waals surface area contributed by atoms with Crippen molar-refractivity contribution in [2.75, 3.05) is 13.1 Å². The normalized spacial score (nSPS) is 25.4. The van der Waals surface area contributed by atoms with Gasteiger partial charge < -0.3 is 5.32 Å². The standard InChI is InChI=1S/C15H27N3S/c1-11(2)7-13-9-18(10-15-16-5-6-19-15)14(8-17-13)12(3)4/h5-6,11-14,17H,7-10H2,1-4H3. The van der Waals surface area contributed by atoms with Crippen molar-refractivity contribution >= 4 is 11.3 Å². The smallest absolute Gasteiger partial charge is 0.107 e. The van der Waals surface area contributed by atoms with E-state index in [1.807, 2.05) is 6.20 Å². The average molecular weight is 281 g/mol. The molecule has 108 valence electrons. The highest BCUT2D eigenvalue weighted by Gasteiger charge is 2.30. The molecular weight excluding hydrogens is 254 g/mol. The molecule has 19 heavy (non-hydrogen) atoms. The molecule has 2 unspecified atom stereocenters. The molecule has 1 saturated heterocycles. The second kappa shape index (κ2) is 6.82. The highest BCUT2D eigenvalue weighted by Crippen LogP contribution is 2.21. The summed E-state index contributed by atoms with van der Waals surface area (Å²) >= 11 is 1.77. The quantitative estimate of drug-likeness (QED) is 0.899. The molecule has 2 rings (SSSR count). The van der Waals surface area contributed by atoms with Crippen molar-refractivity contribution in [3.05, 3.63) is 16.6 Å². The molecule has 0 saturated carbocycles. The number of hydrogen-bond donors (Lipinski definition) is 1. The number of aromatic nitrogens is 1. The van der Waals surface area contributed by atoms with Crippen molar-refractivity contribution in [1.82, 2.24) is 15.2 Å². The summed E-state index contributed by atoms with van der Waals surface area (Å²) in [6.45, 7) is 12.5. The van der Waals surface area contributed by atoms with Crippen molar-refractivity contribution in [3.8, 4) is 0 Å². The first kappa shape index (κ1) is 14.9. The van der Waals surface area contributed by atoms with Crippen LogP contribution in [0.2, 0.25) is 0 Å². The number of hydrogen-bond acceptors (Lipinski definition) is 4. The maximum Gasteiger partial charge on any atom is 0.107 e. The molecule has 0 radical (unpaired) electrons. The van der Waals surface area contributed by atoms with E-state index < -0.39 is 0 Å².